The van der Waals surface area contributed by atoms with Crippen molar-refractivity contribution in [3.8, 4) is 0 Å². The van der Waals surface area contributed by atoms with Crippen LogP contribution in [0.3, 0.4) is 0 Å². The second kappa shape index (κ2) is 21.7. The molecular weight excluding hydrogens is 680 g/mol. The molecule has 2 aromatic rings. The van der Waals surface area contributed by atoms with E-state index in [9.17, 15) is 14.4 Å². The number of carbonyl (C=O) groups is 2. The molecule has 2 aliphatic rings. The number of rotatable bonds is 14. The Hall–Kier alpha value is -5.50. The zero-order valence-corrected chi connectivity index (χ0v) is 29.9. The van der Waals surface area contributed by atoms with E-state index in [-0.39, 0.29) is 44.6 Å². The molecule has 4 rings (SSSR count). The summed E-state index contributed by atoms with van der Waals surface area (Å²) in [7, 11) is 1.62. The number of halogens is 2. The summed E-state index contributed by atoms with van der Waals surface area (Å²) in [5.41, 5.74) is 0.384. The Morgan fingerprint density at radius 2 is 1.87 bits per heavy atom. The van der Waals surface area contributed by atoms with Gasteiger partial charge in [-0.15, -0.1) is 0 Å². The standard InChI is InChI=1S/C27H29F2N3O6.C6H10O.C5H8O2.H2/c1-5-11-19(6-2)16-36-26(34)38-23-21(7-3)37-24(27(23,28)29)32-15-14-22(31-25(32)33)30-18(4)35-17-20-12-9-8-10-13-20;1-4-6(5-2)7-3;1-4-2-3-7-5(4)6;/h5-6,8-15,21,23-24H,1-2,4,7,16-17H2,3H3,(H,30,31,33);4-5H,1H2,2-3H3;4H,2-3H2,1H3;1H/b19-11+;6-5+;;/t21-,23-,24-;;4-;/m1.0./s1. The summed E-state index contributed by atoms with van der Waals surface area (Å²) in [6.45, 7) is 20.3. The van der Waals surface area contributed by atoms with Gasteiger partial charge in [0.05, 0.1) is 19.6 Å². The van der Waals surface area contributed by atoms with Gasteiger partial charge in [0.15, 0.2) is 12.0 Å². The fourth-order valence-electron chi connectivity index (χ4n) is 4.54. The van der Waals surface area contributed by atoms with Crippen LogP contribution < -0.4 is 11.0 Å². The Labute approximate surface area is 304 Å². The number of anilines is 1. The minimum Gasteiger partial charge on any atom is -0.497 e. The van der Waals surface area contributed by atoms with Crippen LogP contribution in [-0.4, -0.2) is 60.1 Å². The molecule has 0 spiro atoms. The van der Waals surface area contributed by atoms with Gasteiger partial charge in [0.25, 0.3) is 0 Å². The fourth-order valence-corrected chi connectivity index (χ4v) is 4.54. The van der Waals surface area contributed by atoms with Crippen molar-refractivity contribution in [3.05, 3.63) is 133 Å². The number of allylic oxidation sites excluding steroid dienone is 4. The monoisotopic (exact) mass is 729 g/mol. The lowest BCUT2D eigenvalue weighted by atomic mass is 10.1. The molecule has 52 heavy (non-hydrogen) atoms. The average Bonchev–Trinajstić information content (AvgIpc) is 3.63. The number of esters is 1. The Kier molecular flexibility index (Phi) is 17.8. The normalized spacial score (nSPS) is 20.4. The smallest absolute Gasteiger partial charge is 0.497 e. The van der Waals surface area contributed by atoms with Crippen molar-refractivity contribution in [2.75, 3.05) is 25.6 Å². The maximum atomic E-state index is 15.4. The number of carbonyl (C=O) groups excluding carboxylic acids is 2. The molecule has 4 atom stereocenters. The van der Waals surface area contributed by atoms with Crippen LogP contribution in [0.5, 0.6) is 0 Å². The first kappa shape index (κ1) is 42.7. The van der Waals surface area contributed by atoms with Gasteiger partial charge in [0, 0.05) is 7.62 Å². The molecule has 0 amide bonds. The lowest BCUT2D eigenvalue weighted by Gasteiger charge is -2.24. The maximum absolute atomic E-state index is 15.4. The molecule has 1 N–H and O–H groups in total. The SMILES string of the molecule is C=C/C(=C\C)OC.C=C/C=C(\C=C)COC(=O)O[C@@H]1[C@@H](CC)O[C@@H](n2ccc(NC(=C)OCc3ccccc3)nc2=O)C1(F)F.C[C@H]1CCOC1=O.[HH]. The summed E-state index contributed by atoms with van der Waals surface area (Å²) in [6, 6.07) is 10.6. The van der Waals surface area contributed by atoms with E-state index in [2.05, 4.69) is 41.4 Å². The molecule has 3 heterocycles. The number of hydrogen-bond donors (Lipinski definition) is 1. The lowest BCUT2D eigenvalue weighted by molar-refractivity contribution is -0.146. The van der Waals surface area contributed by atoms with Crippen LogP contribution in [0.2, 0.25) is 0 Å². The number of nitrogens with zero attached hydrogens (tertiary/aromatic N) is 2. The Morgan fingerprint density at radius 1 is 1.15 bits per heavy atom. The summed E-state index contributed by atoms with van der Waals surface area (Å²) in [4.78, 5) is 38.9. The average molecular weight is 730 g/mol. The highest BCUT2D eigenvalue weighted by Gasteiger charge is 2.62. The van der Waals surface area contributed by atoms with Crippen molar-refractivity contribution in [2.45, 2.75) is 64.6 Å². The molecule has 2 fully saturated rings. The number of ether oxygens (including phenoxy) is 6. The summed E-state index contributed by atoms with van der Waals surface area (Å²) < 4.78 is 61.6. The second-order valence-electron chi connectivity index (χ2n) is 11.1. The third-order valence-electron chi connectivity index (χ3n) is 7.45. The summed E-state index contributed by atoms with van der Waals surface area (Å²) >= 11 is 0. The van der Waals surface area contributed by atoms with Gasteiger partial charge in [-0.25, -0.2) is 9.59 Å². The fraction of sp³-hybridized carbons (Fsp3) is 0.368. The van der Waals surface area contributed by atoms with Crippen LogP contribution in [0.15, 0.2) is 121 Å². The Bertz CT molecular complexity index is 1650. The van der Waals surface area contributed by atoms with E-state index >= 15 is 8.78 Å². The van der Waals surface area contributed by atoms with Gasteiger partial charge in [-0.2, -0.15) is 13.8 Å². The van der Waals surface area contributed by atoms with E-state index in [1.165, 1.54) is 18.2 Å². The molecule has 14 heteroatoms. The van der Waals surface area contributed by atoms with Crippen molar-refractivity contribution in [1.82, 2.24) is 9.55 Å². The number of cyclic esters (lactones) is 1. The number of hydrogen-bond acceptors (Lipinski definition) is 11. The third-order valence-corrected chi connectivity index (χ3v) is 7.45. The van der Waals surface area contributed by atoms with Crippen molar-refractivity contribution >= 4 is 17.9 Å². The highest BCUT2D eigenvalue weighted by molar-refractivity contribution is 5.73. The van der Waals surface area contributed by atoms with E-state index in [0.717, 1.165) is 23.9 Å². The molecule has 1 aromatic heterocycles. The first-order valence-corrected chi connectivity index (χ1v) is 16.4. The van der Waals surface area contributed by atoms with E-state index in [1.807, 2.05) is 50.3 Å². The first-order valence-electron chi connectivity index (χ1n) is 16.4. The van der Waals surface area contributed by atoms with Gasteiger partial charge in [-0.3, -0.25) is 9.36 Å². The van der Waals surface area contributed by atoms with Crippen molar-refractivity contribution in [3.63, 3.8) is 0 Å². The molecule has 0 aliphatic carbocycles. The number of alkyl halides is 2. The van der Waals surface area contributed by atoms with Crippen LogP contribution >= 0.6 is 0 Å². The van der Waals surface area contributed by atoms with E-state index < -0.39 is 36.2 Å². The highest BCUT2D eigenvalue weighted by Crippen LogP contribution is 2.45. The van der Waals surface area contributed by atoms with Crippen molar-refractivity contribution < 1.29 is 48.2 Å². The van der Waals surface area contributed by atoms with Crippen molar-refractivity contribution in [2.24, 2.45) is 5.92 Å². The predicted molar refractivity (Wildman–Crippen MR) is 194 cm³/mol. The molecule has 12 nitrogen and oxygen atoms in total. The van der Waals surface area contributed by atoms with E-state index in [1.54, 1.807) is 26.2 Å². The first-order chi connectivity index (χ1) is 24.8. The number of benzene rings is 1. The van der Waals surface area contributed by atoms with Gasteiger partial charge in [0.2, 0.25) is 6.23 Å². The number of methoxy groups -OCH3 is 1. The molecule has 1 aromatic carbocycles. The van der Waals surface area contributed by atoms with Crippen LogP contribution in [0, 0.1) is 5.92 Å². The molecule has 0 saturated carbocycles. The molecule has 284 valence electrons. The lowest BCUT2D eigenvalue weighted by Crippen LogP contribution is -2.44. The van der Waals surface area contributed by atoms with Gasteiger partial charge in [-0.1, -0.05) is 82.1 Å². The van der Waals surface area contributed by atoms with Crippen molar-refractivity contribution in [1.29, 1.82) is 0 Å². The summed E-state index contributed by atoms with van der Waals surface area (Å²) in [6.07, 6.45) is 3.49. The van der Waals surface area contributed by atoms with Crippen LogP contribution in [0.25, 0.3) is 0 Å². The predicted octanol–water partition coefficient (Wildman–Crippen LogP) is 7.64. The minimum absolute atomic E-state index is 0. The topological polar surface area (TPSA) is 136 Å². The third kappa shape index (κ3) is 13.0. The number of nitrogens with one attached hydrogen (secondary N) is 1. The molecule has 2 saturated heterocycles. The van der Waals surface area contributed by atoms with Crippen LogP contribution in [-0.2, 0) is 39.8 Å². The van der Waals surface area contributed by atoms with Crippen LogP contribution in [0.4, 0.5) is 19.4 Å². The van der Waals surface area contributed by atoms with E-state index in [0.29, 0.717) is 16.7 Å². The highest BCUT2D eigenvalue weighted by atomic mass is 19.3. The van der Waals surface area contributed by atoms with E-state index in [4.69, 9.17) is 23.7 Å². The number of aromatic nitrogens is 2. The van der Waals surface area contributed by atoms with Gasteiger partial charge in [-0.05, 0) is 55.7 Å². The molecular formula is C38H49F2N3O9. The Morgan fingerprint density at radius 3 is 2.35 bits per heavy atom. The second-order valence-corrected chi connectivity index (χ2v) is 11.1. The molecule has 0 bridgehead atoms. The summed E-state index contributed by atoms with van der Waals surface area (Å²) in [5, 5.41) is 2.71. The molecule has 0 unspecified atom stereocenters. The summed E-state index contributed by atoms with van der Waals surface area (Å²) in [5.74, 6) is -2.68. The zero-order valence-electron chi connectivity index (χ0n) is 29.9. The minimum atomic E-state index is -3.76. The molecule has 2 aliphatic heterocycles. The molecule has 0 radical (unpaired) electrons. The van der Waals surface area contributed by atoms with Gasteiger partial charge in [0.1, 0.15) is 30.9 Å². The Balaban J connectivity index is 0.000000782. The van der Waals surface area contributed by atoms with Gasteiger partial charge < -0.3 is 33.7 Å². The zero-order chi connectivity index (χ0) is 38.7. The van der Waals surface area contributed by atoms with Gasteiger partial charge >= 0.3 is 23.7 Å². The van der Waals surface area contributed by atoms with Crippen LogP contribution in [0.1, 0.15) is 46.8 Å². The largest absolute Gasteiger partial charge is 0.509 e. The maximum Gasteiger partial charge on any atom is 0.509 e. The quantitative estimate of drug-likeness (QED) is 0.117.